The Morgan fingerprint density at radius 3 is 2.28 bits per heavy atom. The maximum absolute atomic E-state index is 12.9. The van der Waals surface area contributed by atoms with Crippen molar-refractivity contribution in [2.75, 3.05) is 0 Å². The molecule has 4 bridgehead atoms. The van der Waals surface area contributed by atoms with Crippen LogP contribution in [0.25, 0.3) is 0 Å². The Bertz CT molecular complexity index is 689. The maximum atomic E-state index is 12.9. The van der Waals surface area contributed by atoms with Crippen molar-refractivity contribution >= 4 is 11.8 Å². The molecule has 5 aliphatic rings. The van der Waals surface area contributed by atoms with E-state index in [2.05, 4.69) is 16.0 Å². The number of nitrogens with one attached hydrogen (secondary N) is 2. The van der Waals surface area contributed by atoms with Gasteiger partial charge >= 0.3 is 0 Å². The zero-order chi connectivity index (χ0) is 17.2. The molecule has 25 heavy (non-hydrogen) atoms. The first-order valence-corrected chi connectivity index (χ1v) is 9.61. The summed E-state index contributed by atoms with van der Waals surface area (Å²) in [7, 11) is 1.88. The highest BCUT2D eigenvalue weighted by Gasteiger charge is 2.55. The average Bonchev–Trinajstić information content (AvgIpc) is 3.25. The van der Waals surface area contributed by atoms with Crippen LogP contribution in [0.1, 0.15) is 56.4 Å². The Morgan fingerprint density at radius 2 is 1.72 bits per heavy atom. The highest BCUT2D eigenvalue weighted by atomic mass is 16.2. The van der Waals surface area contributed by atoms with Crippen molar-refractivity contribution < 1.29 is 9.59 Å². The molecular weight excluding hydrogens is 316 g/mol. The predicted octanol–water partition coefficient (Wildman–Crippen LogP) is 1.89. The molecule has 0 saturated heterocycles. The Balaban J connectivity index is 1.18. The summed E-state index contributed by atoms with van der Waals surface area (Å²) in [5.74, 6) is 2.37. The van der Waals surface area contributed by atoms with Gasteiger partial charge in [0.2, 0.25) is 11.8 Å². The first-order chi connectivity index (χ1) is 12.0. The molecule has 6 nitrogen and oxygen atoms in total. The van der Waals surface area contributed by atoms with Crippen LogP contribution in [-0.4, -0.2) is 21.6 Å². The summed E-state index contributed by atoms with van der Waals surface area (Å²) < 4.78 is 1.76. The number of hydrogen-bond acceptors (Lipinski definition) is 3. The first kappa shape index (κ1) is 15.4. The molecule has 2 amide bonds. The second-order valence-electron chi connectivity index (χ2n) is 9.04. The lowest BCUT2D eigenvalue weighted by molar-refractivity contribution is -0.149. The van der Waals surface area contributed by atoms with E-state index in [1.165, 1.54) is 19.3 Å². The molecule has 6 rings (SSSR count). The Kier molecular flexibility index (Phi) is 3.28. The van der Waals surface area contributed by atoms with Crippen molar-refractivity contribution in [1.82, 2.24) is 20.6 Å². The smallest absolute Gasteiger partial charge is 0.244 e. The number of hydrogen-bond donors (Lipinski definition) is 2. The van der Waals surface area contributed by atoms with Crippen LogP contribution >= 0.6 is 0 Å². The molecule has 5 aliphatic carbocycles. The van der Waals surface area contributed by atoms with Crippen LogP contribution in [0.3, 0.4) is 0 Å². The molecule has 0 spiro atoms. The van der Waals surface area contributed by atoms with E-state index in [0.29, 0.717) is 0 Å². The molecule has 2 N–H and O–H groups in total. The molecule has 1 aromatic heterocycles. The van der Waals surface area contributed by atoms with Gasteiger partial charge in [-0.05, 0) is 74.2 Å². The second-order valence-corrected chi connectivity index (χ2v) is 9.04. The lowest BCUT2D eigenvalue weighted by Gasteiger charge is -2.55. The predicted molar refractivity (Wildman–Crippen MR) is 90.9 cm³/mol. The molecule has 5 saturated carbocycles. The van der Waals surface area contributed by atoms with Gasteiger partial charge in [-0.3, -0.25) is 25.1 Å². The number of carbonyl (C=O) groups excluding carboxylic acids is 2. The van der Waals surface area contributed by atoms with Crippen LogP contribution in [0.5, 0.6) is 0 Å². The molecule has 6 heteroatoms. The van der Waals surface area contributed by atoms with E-state index in [1.807, 2.05) is 19.4 Å². The SMILES string of the molecule is Cn1cc(C2CC2C(=O)NNC(=O)C23CC4CC(CC(C4)C2)C3)cn1. The molecule has 1 heterocycles. The molecule has 5 fully saturated rings. The number of carbonyl (C=O) groups is 2. The van der Waals surface area contributed by atoms with E-state index >= 15 is 0 Å². The quantitative estimate of drug-likeness (QED) is 0.824. The van der Waals surface area contributed by atoms with Gasteiger partial charge in [0.1, 0.15) is 0 Å². The van der Waals surface area contributed by atoms with E-state index in [1.54, 1.807) is 4.68 Å². The minimum absolute atomic E-state index is 0.0409. The molecular formula is C19H26N4O2. The number of nitrogens with zero attached hydrogens (tertiary/aromatic N) is 2. The van der Waals surface area contributed by atoms with Crippen molar-refractivity contribution in [1.29, 1.82) is 0 Å². The fraction of sp³-hybridized carbons (Fsp3) is 0.737. The van der Waals surface area contributed by atoms with Crippen LogP contribution in [0.15, 0.2) is 12.4 Å². The number of rotatable bonds is 3. The number of aromatic nitrogens is 2. The third kappa shape index (κ3) is 2.57. The Morgan fingerprint density at radius 1 is 1.08 bits per heavy atom. The highest BCUT2D eigenvalue weighted by Crippen LogP contribution is 2.60. The Hall–Kier alpha value is -1.85. The zero-order valence-corrected chi connectivity index (χ0v) is 14.7. The van der Waals surface area contributed by atoms with Gasteiger partial charge < -0.3 is 0 Å². The molecule has 1 aromatic rings. The van der Waals surface area contributed by atoms with Gasteiger partial charge in [0.15, 0.2) is 0 Å². The lowest BCUT2D eigenvalue weighted by Crippen LogP contribution is -2.56. The summed E-state index contributed by atoms with van der Waals surface area (Å²) in [6.07, 6.45) is 11.6. The number of hydrazine groups is 1. The van der Waals surface area contributed by atoms with Crippen LogP contribution in [-0.2, 0) is 16.6 Å². The largest absolute Gasteiger partial charge is 0.276 e. The van der Waals surface area contributed by atoms with Crippen LogP contribution in [0, 0.1) is 29.1 Å². The third-order valence-corrected chi connectivity index (χ3v) is 7.10. The van der Waals surface area contributed by atoms with Crippen molar-refractivity contribution in [3.8, 4) is 0 Å². The van der Waals surface area contributed by atoms with Gasteiger partial charge in [-0.15, -0.1) is 0 Å². The standard InChI is InChI=1S/C19H26N4O2/c1-23-10-14(9-20-23)15-5-16(15)17(24)21-22-18(25)19-6-11-2-12(7-19)4-13(3-11)8-19/h9-13,15-16H,2-8H2,1H3,(H,21,24)(H,22,25). The minimum Gasteiger partial charge on any atom is -0.276 e. The van der Waals surface area contributed by atoms with Gasteiger partial charge in [-0.2, -0.15) is 5.10 Å². The van der Waals surface area contributed by atoms with Crippen molar-refractivity contribution in [2.24, 2.45) is 36.1 Å². The first-order valence-electron chi connectivity index (χ1n) is 9.61. The summed E-state index contributed by atoms with van der Waals surface area (Å²) in [6.45, 7) is 0. The summed E-state index contributed by atoms with van der Waals surface area (Å²) in [6, 6.07) is 0. The Labute approximate surface area is 147 Å². The summed E-state index contributed by atoms with van der Waals surface area (Å²) in [5.41, 5.74) is 6.38. The van der Waals surface area contributed by atoms with Crippen molar-refractivity contribution in [2.45, 2.75) is 50.9 Å². The molecule has 0 aromatic carbocycles. The van der Waals surface area contributed by atoms with Crippen molar-refractivity contribution in [3.63, 3.8) is 0 Å². The summed E-state index contributed by atoms with van der Waals surface area (Å²) >= 11 is 0. The van der Waals surface area contributed by atoms with Gasteiger partial charge in [-0.1, -0.05) is 0 Å². The van der Waals surface area contributed by atoms with Crippen molar-refractivity contribution in [3.05, 3.63) is 18.0 Å². The van der Waals surface area contributed by atoms with E-state index < -0.39 is 0 Å². The topological polar surface area (TPSA) is 76.0 Å². The van der Waals surface area contributed by atoms with Gasteiger partial charge in [0, 0.05) is 19.2 Å². The third-order valence-electron chi connectivity index (χ3n) is 7.10. The minimum atomic E-state index is -0.214. The number of amides is 2. The fourth-order valence-corrected chi connectivity index (χ4v) is 6.22. The zero-order valence-electron chi connectivity index (χ0n) is 14.7. The monoisotopic (exact) mass is 342 g/mol. The highest BCUT2D eigenvalue weighted by molar-refractivity contribution is 5.88. The lowest BCUT2D eigenvalue weighted by atomic mass is 9.49. The number of aryl methyl sites for hydroxylation is 1. The second kappa shape index (κ2) is 5.32. The van der Waals surface area contributed by atoms with Crippen LogP contribution in [0.2, 0.25) is 0 Å². The normalized spacial score (nSPS) is 40.8. The van der Waals surface area contributed by atoms with Gasteiger partial charge in [0.25, 0.3) is 0 Å². The van der Waals surface area contributed by atoms with E-state index in [4.69, 9.17) is 0 Å². The van der Waals surface area contributed by atoms with Gasteiger partial charge in [-0.25, -0.2) is 0 Å². The molecule has 134 valence electrons. The fourth-order valence-electron chi connectivity index (χ4n) is 6.22. The summed E-state index contributed by atoms with van der Waals surface area (Å²) in [5, 5.41) is 4.17. The molecule has 0 radical (unpaired) electrons. The molecule has 0 aliphatic heterocycles. The van der Waals surface area contributed by atoms with Crippen LogP contribution < -0.4 is 10.9 Å². The molecule has 2 atom stereocenters. The summed E-state index contributed by atoms with van der Waals surface area (Å²) in [4.78, 5) is 25.2. The van der Waals surface area contributed by atoms with E-state index in [0.717, 1.165) is 49.0 Å². The van der Waals surface area contributed by atoms with E-state index in [-0.39, 0.29) is 29.1 Å². The van der Waals surface area contributed by atoms with E-state index in [9.17, 15) is 9.59 Å². The maximum Gasteiger partial charge on any atom is 0.244 e. The van der Waals surface area contributed by atoms with Gasteiger partial charge in [0.05, 0.1) is 11.6 Å². The molecule has 2 unspecified atom stereocenters. The average molecular weight is 342 g/mol. The van der Waals surface area contributed by atoms with Crippen LogP contribution in [0.4, 0.5) is 0 Å².